The number of carboxylic acids is 1. The highest BCUT2D eigenvalue weighted by Gasteiger charge is 2.23. The van der Waals surface area contributed by atoms with Crippen molar-refractivity contribution in [1.82, 2.24) is 15.3 Å². The van der Waals surface area contributed by atoms with Crippen LogP contribution in [-0.2, 0) is 19.1 Å². The monoisotopic (exact) mass is 473 g/mol. The average molecular weight is 473 g/mol. The summed E-state index contributed by atoms with van der Waals surface area (Å²) in [5.74, 6) is -2.44. The van der Waals surface area contributed by atoms with E-state index in [1.54, 1.807) is 12.1 Å². The fourth-order valence-corrected chi connectivity index (χ4v) is 3.20. The van der Waals surface area contributed by atoms with E-state index in [0.29, 0.717) is 30.3 Å². The molecule has 0 fully saturated rings. The maximum Gasteiger partial charge on any atom is 0.326 e. The minimum absolute atomic E-state index is 0.0221. The van der Waals surface area contributed by atoms with E-state index in [1.165, 1.54) is 12.1 Å². The number of carbonyl (C=O) groups is 4. The number of aromatic amines is 1. The lowest BCUT2D eigenvalue weighted by Gasteiger charge is -2.27. The molecular formula is C20H23N7O7. The highest BCUT2D eigenvalue weighted by Crippen LogP contribution is 2.20. The van der Waals surface area contributed by atoms with Gasteiger partial charge in [-0.05, 0) is 30.7 Å². The lowest BCUT2D eigenvalue weighted by atomic mass is 10.1. The first kappa shape index (κ1) is 24.0. The second kappa shape index (κ2) is 10.8. The van der Waals surface area contributed by atoms with E-state index in [9.17, 15) is 29.1 Å². The van der Waals surface area contributed by atoms with E-state index in [1.807, 2.05) is 0 Å². The smallest absolute Gasteiger partial charge is 0.326 e. The molecule has 0 aliphatic carbocycles. The first-order chi connectivity index (χ1) is 16.3. The molecule has 14 heteroatoms. The predicted molar refractivity (Wildman–Crippen MR) is 120 cm³/mol. The third kappa shape index (κ3) is 6.21. The highest BCUT2D eigenvalue weighted by atomic mass is 16.6. The number of benzene rings is 1. The van der Waals surface area contributed by atoms with Crippen molar-refractivity contribution in [2.75, 3.05) is 34.8 Å². The van der Waals surface area contributed by atoms with Crippen LogP contribution in [0.2, 0.25) is 0 Å². The first-order valence-corrected chi connectivity index (χ1v) is 10.2. The van der Waals surface area contributed by atoms with Crippen molar-refractivity contribution in [2.45, 2.75) is 24.9 Å². The highest BCUT2D eigenvalue weighted by molar-refractivity contribution is 5.97. The van der Waals surface area contributed by atoms with Gasteiger partial charge in [-0.3, -0.25) is 24.2 Å². The molecular weight excluding hydrogens is 450 g/mol. The molecule has 180 valence electrons. The minimum Gasteiger partial charge on any atom is -0.480 e. The molecule has 2 atom stereocenters. The molecule has 0 saturated heterocycles. The Balaban J connectivity index is 1.52. The molecule has 1 amide bonds. The van der Waals surface area contributed by atoms with Crippen LogP contribution in [0, 0.1) is 0 Å². The molecule has 1 aromatic heterocycles. The number of nitrogens with zero attached hydrogens (tertiary/aromatic N) is 1. The summed E-state index contributed by atoms with van der Waals surface area (Å²) in [5.41, 5.74) is 6.36. The second-order valence-electron chi connectivity index (χ2n) is 7.34. The molecule has 0 bridgehead atoms. The average Bonchev–Trinajstić information content (AvgIpc) is 2.80. The number of hydrogen-bond acceptors (Lipinski definition) is 11. The Labute approximate surface area is 192 Å². The number of nitrogens with two attached hydrogens (primary N) is 1. The summed E-state index contributed by atoms with van der Waals surface area (Å²) in [6.45, 7) is 0.895. The standard InChI is InChI=1S/C20H23N7O7/c21-20-26-16-15(18(31)27-20)24-12(8-23-16)7-22-11-3-1-10(2-4-11)17(30)25-13(19(32)33)5-6-14(29)34-9-28/h1-4,9,12-13,22,24H,5-8H2,(H,25,30)(H,32,33)(H4,21,23,26,27,31). The van der Waals surface area contributed by atoms with Gasteiger partial charge in [-0.1, -0.05) is 0 Å². The van der Waals surface area contributed by atoms with E-state index < -0.39 is 23.9 Å². The minimum atomic E-state index is -1.33. The molecule has 2 unspecified atom stereocenters. The molecule has 0 radical (unpaired) electrons. The van der Waals surface area contributed by atoms with Gasteiger partial charge < -0.3 is 36.8 Å². The number of fused-ring (bicyclic) bond motifs is 1. The third-order valence-corrected chi connectivity index (χ3v) is 4.92. The lowest BCUT2D eigenvalue weighted by Crippen LogP contribution is -2.41. The topological polar surface area (TPSA) is 218 Å². The van der Waals surface area contributed by atoms with Gasteiger partial charge >= 0.3 is 18.4 Å². The fraction of sp³-hybridized carbons (Fsp3) is 0.300. The van der Waals surface area contributed by atoms with Crippen molar-refractivity contribution in [3.8, 4) is 0 Å². The zero-order valence-corrected chi connectivity index (χ0v) is 17.8. The van der Waals surface area contributed by atoms with Crippen molar-refractivity contribution in [3.63, 3.8) is 0 Å². The Morgan fingerprint density at radius 2 is 2.03 bits per heavy atom. The van der Waals surface area contributed by atoms with Gasteiger partial charge in [0.2, 0.25) is 5.95 Å². The summed E-state index contributed by atoms with van der Waals surface area (Å²) in [4.78, 5) is 63.6. The number of esters is 1. The van der Waals surface area contributed by atoms with Crippen LogP contribution in [0.15, 0.2) is 29.1 Å². The summed E-state index contributed by atoms with van der Waals surface area (Å²) < 4.78 is 4.10. The Hall–Kier alpha value is -4.62. The number of H-pyrrole nitrogens is 1. The zero-order valence-electron chi connectivity index (χ0n) is 17.8. The Morgan fingerprint density at radius 1 is 1.29 bits per heavy atom. The molecule has 0 saturated carbocycles. The number of nitrogens with one attached hydrogen (secondary N) is 5. The van der Waals surface area contributed by atoms with Crippen molar-refractivity contribution in [3.05, 3.63) is 40.2 Å². The van der Waals surface area contributed by atoms with Gasteiger partial charge in [0.25, 0.3) is 11.5 Å². The molecule has 1 aliphatic rings. The Morgan fingerprint density at radius 3 is 2.71 bits per heavy atom. The number of aliphatic carboxylic acids is 1. The first-order valence-electron chi connectivity index (χ1n) is 10.2. The van der Waals surface area contributed by atoms with Gasteiger partial charge in [0, 0.05) is 30.8 Å². The molecule has 34 heavy (non-hydrogen) atoms. The summed E-state index contributed by atoms with van der Waals surface area (Å²) >= 11 is 0. The molecule has 2 aromatic rings. The van der Waals surface area contributed by atoms with Gasteiger partial charge in [-0.2, -0.15) is 4.98 Å². The van der Waals surface area contributed by atoms with Gasteiger partial charge in [-0.25, -0.2) is 4.79 Å². The maximum absolute atomic E-state index is 12.4. The van der Waals surface area contributed by atoms with Gasteiger partial charge in [0.1, 0.15) is 11.7 Å². The van der Waals surface area contributed by atoms with Crippen LogP contribution in [0.3, 0.4) is 0 Å². The van der Waals surface area contributed by atoms with Crippen molar-refractivity contribution in [2.24, 2.45) is 0 Å². The Bertz CT molecular complexity index is 1130. The SMILES string of the molecule is Nc1nc2c(c(=O)[nH]1)NC(CNc1ccc(C(=O)NC(CCC(=O)OC=O)C(=O)O)cc1)CN2. The molecule has 2 heterocycles. The summed E-state index contributed by atoms with van der Waals surface area (Å²) in [5, 5.41) is 20.9. The van der Waals surface area contributed by atoms with Crippen LogP contribution in [0.25, 0.3) is 0 Å². The van der Waals surface area contributed by atoms with Crippen LogP contribution in [0.5, 0.6) is 0 Å². The van der Waals surface area contributed by atoms with Gasteiger partial charge in [0.05, 0.1) is 6.04 Å². The molecule has 14 nitrogen and oxygen atoms in total. The largest absolute Gasteiger partial charge is 0.480 e. The van der Waals surface area contributed by atoms with E-state index in [-0.39, 0.29) is 42.4 Å². The van der Waals surface area contributed by atoms with Crippen LogP contribution in [-0.4, -0.2) is 64.6 Å². The van der Waals surface area contributed by atoms with Crippen LogP contribution in [0.1, 0.15) is 23.2 Å². The van der Waals surface area contributed by atoms with E-state index in [0.717, 1.165) is 0 Å². The van der Waals surface area contributed by atoms with Crippen LogP contribution < -0.4 is 32.6 Å². The molecule has 1 aromatic carbocycles. The van der Waals surface area contributed by atoms with Crippen molar-refractivity contribution < 1.29 is 29.0 Å². The quantitative estimate of drug-likeness (QED) is 0.130. The Kier molecular flexibility index (Phi) is 7.63. The molecule has 0 spiro atoms. The van der Waals surface area contributed by atoms with E-state index in [2.05, 4.69) is 36.0 Å². The second-order valence-corrected chi connectivity index (χ2v) is 7.34. The number of rotatable bonds is 10. The number of nitrogen functional groups attached to an aromatic ring is 1. The zero-order chi connectivity index (χ0) is 24.7. The van der Waals surface area contributed by atoms with Crippen molar-refractivity contribution >= 4 is 47.5 Å². The van der Waals surface area contributed by atoms with Gasteiger partial charge in [-0.15, -0.1) is 0 Å². The molecule has 1 aliphatic heterocycles. The number of anilines is 4. The third-order valence-electron chi connectivity index (χ3n) is 4.92. The number of amides is 1. The van der Waals surface area contributed by atoms with Crippen LogP contribution in [0.4, 0.5) is 23.1 Å². The van der Waals surface area contributed by atoms with Gasteiger partial charge in [0.15, 0.2) is 5.82 Å². The number of aromatic nitrogens is 2. The number of carboxylic acid groups (broad SMARTS) is 1. The summed E-state index contributed by atoms with van der Waals surface area (Å²) in [6.07, 6.45) is -0.577. The summed E-state index contributed by atoms with van der Waals surface area (Å²) in [7, 11) is 0. The number of ether oxygens (including phenoxy) is 1. The van der Waals surface area contributed by atoms with E-state index in [4.69, 9.17) is 5.73 Å². The predicted octanol–water partition coefficient (Wildman–Crippen LogP) is -0.667. The molecule has 3 rings (SSSR count). The maximum atomic E-state index is 12.4. The number of carbonyl (C=O) groups excluding carboxylic acids is 3. The molecule has 8 N–H and O–H groups in total. The van der Waals surface area contributed by atoms with E-state index >= 15 is 0 Å². The van der Waals surface area contributed by atoms with Crippen LogP contribution >= 0.6 is 0 Å². The number of hydrogen-bond donors (Lipinski definition) is 7. The van der Waals surface area contributed by atoms with Crippen molar-refractivity contribution in [1.29, 1.82) is 0 Å². The normalized spacial score (nSPS) is 15.0. The fourth-order valence-electron chi connectivity index (χ4n) is 3.20. The lowest BCUT2D eigenvalue weighted by molar-refractivity contribution is -0.151. The summed E-state index contributed by atoms with van der Waals surface area (Å²) in [6, 6.07) is 4.85.